The molecule has 1 amide bonds. The van der Waals surface area contributed by atoms with Crippen molar-refractivity contribution in [3.8, 4) is 0 Å². The van der Waals surface area contributed by atoms with E-state index in [1.807, 2.05) is 26.0 Å². The fourth-order valence-electron chi connectivity index (χ4n) is 3.30. The number of halogens is 1. The van der Waals surface area contributed by atoms with Gasteiger partial charge >= 0.3 is 5.24 Å². The average Bonchev–Trinajstić information content (AvgIpc) is 2.82. The summed E-state index contributed by atoms with van der Waals surface area (Å²) >= 11 is 8.57. The maximum atomic E-state index is 12.9. The third-order valence-corrected chi connectivity index (χ3v) is 5.18. The molecule has 1 aromatic rings. The first-order valence-electron chi connectivity index (χ1n) is 8.11. The molecule has 2 heterocycles. The Morgan fingerprint density at radius 1 is 1.31 bits per heavy atom. The molecular formula is C18H20BrNO5S. The first-order valence-corrected chi connectivity index (χ1v) is 9.31. The minimum absolute atomic E-state index is 0.0700. The Morgan fingerprint density at radius 2 is 1.88 bits per heavy atom. The van der Waals surface area contributed by atoms with E-state index >= 15 is 0 Å². The zero-order chi connectivity index (χ0) is 19.1. The molecule has 140 valence electrons. The van der Waals surface area contributed by atoms with Crippen LogP contribution in [0.5, 0.6) is 0 Å². The van der Waals surface area contributed by atoms with Crippen LogP contribution in [0.3, 0.4) is 0 Å². The Morgan fingerprint density at radius 3 is 2.42 bits per heavy atom. The molecular weight excluding hydrogens is 422 g/mol. The summed E-state index contributed by atoms with van der Waals surface area (Å²) in [5.74, 6) is 0.115. The molecule has 6 nitrogen and oxygen atoms in total. The normalized spacial score (nSPS) is 25.4. The van der Waals surface area contributed by atoms with Crippen LogP contribution >= 0.6 is 28.1 Å². The number of benzene rings is 1. The predicted octanol–water partition coefficient (Wildman–Crippen LogP) is 2.99. The molecule has 2 aliphatic rings. The Hall–Kier alpha value is -1.48. The fraction of sp³-hybridized carbons (Fsp3) is 0.444. The Balaban J connectivity index is 2.18. The quantitative estimate of drug-likeness (QED) is 0.711. The number of carbonyl (C=O) groups is 1. The summed E-state index contributed by atoms with van der Waals surface area (Å²) in [5, 5.41) is 2.90. The Labute approximate surface area is 166 Å². The molecule has 8 heteroatoms. The average molecular weight is 442 g/mol. The van der Waals surface area contributed by atoms with Crippen LogP contribution in [0.2, 0.25) is 0 Å². The highest BCUT2D eigenvalue weighted by Gasteiger charge is 2.51. The van der Waals surface area contributed by atoms with Crippen LogP contribution in [0, 0.1) is 13.8 Å². The molecule has 1 N–H and O–H groups in total. The third-order valence-electron chi connectivity index (χ3n) is 4.47. The van der Waals surface area contributed by atoms with E-state index in [9.17, 15) is 4.79 Å². The Kier molecular flexibility index (Phi) is 5.39. The standard InChI is InChI=1S/C18H20BrNO5S/c1-9-5-12(19)6-10(2)13(9)14-15(25-17(26)22-4)18(20-16(14)21)7-23-11(3)24-8-18/h5-6,11H,7-8H2,1-4H3,(H,20,21). The summed E-state index contributed by atoms with van der Waals surface area (Å²) in [6.45, 7) is 6.14. The number of rotatable bonds is 2. The number of ether oxygens (including phenoxy) is 4. The van der Waals surface area contributed by atoms with Crippen LogP contribution in [-0.2, 0) is 23.7 Å². The van der Waals surface area contributed by atoms with Gasteiger partial charge in [-0.1, -0.05) is 15.9 Å². The number of hydrogen-bond acceptors (Lipinski definition) is 6. The van der Waals surface area contributed by atoms with Crippen molar-refractivity contribution in [3.05, 3.63) is 39.1 Å². The maximum absolute atomic E-state index is 12.9. The van der Waals surface area contributed by atoms with Gasteiger partial charge in [0.25, 0.3) is 5.91 Å². The maximum Gasteiger partial charge on any atom is 0.357 e. The summed E-state index contributed by atoms with van der Waals surface area (Å²) in [4.78, 5) is 12.9. The van der Waals surface area contributed by atoms with Gasteiger partial charge in [0.15, 0.2) is 12.0 Å². The van der Waals surface area contributed by atoms with E-state index in [-0.39, 0.29) is 30.6 Å². The van der Waals surface area contributed by atoms with Crippen molar-refractivity contribution in [2.24, 2.45) is 0 Å². The molecule has 3 rings (SSSR count). The van der Waals surface area contributed by atoms with Crippen molar-refractivity contribution >= 4 is 44.9 Å². The number of carbonyl (C=O) groups excluding carboxylic acids is 1. The van der Waals surface area contributed by atoms with Crippen LogP contribution < -0.4 is 5.32 Å². The summed E-state index contributed by atoms with van der Waals surface area (Å²) < 4.78 is 23.0. The molecule has 1 spiro atoms. The lowest BCUT2D eigenvalue weighted by atomic mass is 9.91. The van der Waals surface area contributed by atoms with E-state index in [0.717, 1.165) is 21.2 Å². The van der Waals surface area contributed by atoms with Crippen molar-refractivity contribution in [2.75, 3.05) is 20.3 Å². The molecule has 0 saturated carbocycles. The minimum Gasteiger partial charge on any atom is -0.460 e. The van der Waals surface area contributed by atoms with Gasteiger partial charge in [0.05, 0.1) is 25.9 Å². The van der Waals surface area contributed by atoms with Gasteiger partial charge < -0.3 is 24.3 Å². The molecule has 0 unspecified atom stereocenters. The van der Waals surface area contributed by atoms with Crippen molar-refractivity contribution in [3.63, 3.8) is 0 Å². The van der Waals surface area contributed by atoms with Crippen molar-refractivity contribution < 1.29 is 23.7 Å². The van der Waals surface area contributed by atoms with E-state index in [0.29, 0.717) is 11.3 Å². The van der Waals surface area contributed by atoms with Crippen LogP contribution in [0.1, 0.15) is 23.6 Å². The summed E-state index contributed by atoms with van der Waals surface area (Å²) in [7, 11) is 1.42. The number of hydrogen-bond donors (Lipinski definition) is 1. The lowest BCUT2D eigenvalue weighted by Crippen LogP contribution is -2.57. The second-order valence-electron chi connectivity index (χ2n) is 6.40. The van der Waals surface area contributed by atoms with Crippen molar-refractivity contribution in [2.45, 2.75) is 32.6 Å². The predicted molar refractivity (Wildman–Crippen MR) is 103 cm³/mol. The number of methoxy groups -OCH3 is 1. The zero-order valence-corrected chi connectivity index (χ0v) is 17.4. The summed E-state index contributed by atoms with van der Waals surface area (Å²) in [6.07, 6.45) is -0.353. The SMILES string of the molecule is COC(=S)OC1=C(c2c(C)cc(Br)cc2C)C(=O)NC12COC(C)OC2. The van der Waals surface area contributed by atoms with Gasteiger partial charge in [0, 0.05) is 16.7 Å². The highest BCUT2D eigenvalue weighted by Crippen LogP contribution is 2.40. The van der Waals surface area contributed by atoms with Gasteiger partial charge in [-0.2, -0.15) is 0 Å². The third kappa shape index (κ3) is 3.38. The molecule has 2 aliphatic heterocycles. The number of nitrogens with one attached hydrogen (secondary N) is 1. The minimum atomic E-state index is -0.937. The van der Waals surface area contributed by atoms with Crippen LogP contribution in [0.4, 0.5) is 0 Å². The molecule has 0 aliphatic carbocycles. The van der Waals surface area contributed by atoms with Gasteiger partial charge in [-0.15, -0.1) is 0 Å². The molecule has 1 fully saturated rings. The molecule has 1 saturated heterocycles. The van der Waals surface area contributed by atoms with E-state index in [2.05, 4.69) is 21.2 Å². The highest BCUT2D eigenvalue weighted by molar-refractivity contribution is 9.10. The first kappa shape index (κ1) is 19.3. The van der Waals surface area contributed by atoms with Crippen LogP contribution in [0.25, 0.3) is 5.57 Å². The topological polar surface area (TPSA) is 66.0 Å². The summed E-state index contributed by atoms with van der Waals surface area (Å²) in [6, 6.07) is 3.91. The van der Waals surface area contributed by atoms with E-state index in [1.165, 1.54) is 7.11 Å². The lowest BCUT2D eigenvalue weighted by Gasteiger charge is -2.37. The van der Waals surface area contributed by atoms with Crippen LogP contribution in [-0.4, -0.2) is 43.3 Å². The smallest absolute Gasteiger partial charge is 0.357 e. The second kappa shape index (κ2) is 7.26. The van der Waals surface area contributed by atoms with Gasteiger partial charge in [-0.25, -0.2) is 0 Å². The first-order chi connectivity index (χ1) is 12.3. The molecule has 1 aromatic carbocycles. The number of thiocarbonyl (C=S) groups is 1. The largest absolute Gasteiger partial charge is 0.460 e. The van der Waals surface area contributed by atoms with Gasteiger partial charge in [-0.05, 0) is 49.6 Å². The number of aryl methyl sites for hydroxylation is 2. The van der Waals surface area contributed by atoms with E-state index < -0.39 is 5.54 Å². The van der Waals surface area contributed by atoms with Gasteiger partial charge in [0.1, 0.15) is 5.54 Å². The summed E-state index contributed by atoms with van der Waals surface area (Å²) in [5.41, 5.74) is 2.17. The van der Waals surface area contributed by atoms with E-state index in [4.69, 9.17) is 31.2 Å². The Bertz CT molecular complexity index is 776. The van der Waals surface area contributed by atoms with Crippen molar-refractivity contribution in [1.82, 2.24) is 5.32 Å². The number of amides is 1. The van der Waals surface area contributed by atoms with E-state index in [1.54, 1.807) is 6.92 Å². The zero-order valence-electron chi connectivity index (χ0n) is 15.0. The van der Waals surface area contributed by atoms with Crippen LogP contribution in [0.15, 0.2) is 22.4 Å². The fourth-order valence-corrected chi connectivity index (χ4v) is 4.07. The van der Waals surface area contributed by atoms with Gasteiger partial charge in [-0.3, -0.25) is 4.79 Å². The van der Waals surface area contributed by atoms with Gasteiger partial charge in [0.2, 0.25) is 0 Å². The molecule has 0 aromatic heterocycles. The molecule has 0 radical (unpaired) electrons. The monoisotopic (exact) mass is 441 g/mol. The molecule has 0 bridgehead atoms. The highest BCUT2D eigenvalue weighted by atomic mass is 79.9. The van der Waals surface area contributed by atoms with Crippen molar-refractivity contribution in [1.29, 1.82) is 0 Å². The molecule has 0 atom stereocenters. The second-order valence-corrected chi connectivity index (χ2v) is 7.65. The molecule has 26 heavy (non-hydrogen) atoms. The lowest BCUT2D eigenvalue weighted by molar-refractivity contribution is -0.199.